The number of aromatic nitrogens is 3. The van der Waals surface area contributed by atoms with Crippen LogP contribution < -0.4 is 15.3 Å². The highest BCUT2D eigenvalue weighted by Crippen LogP contribution is 2.51. The van der Waals surface area contributed by atoms with Crippen molar-refractivity contribution in [2.75, 3.05) is 26.0 Å². The molecule has 250 valence electrons. The molecule has 3 N–H and O–H groups in total. The zero-order chi connectivity index (χ0) is 33.1. The van der Waals surface area contributed by atoms with Crippen LogP contribution in [0.15, 0.2) is 53.8 Å². The van der Waals surface area contributed by atoms with Gasteiger partial charge in [-0.15, -0.1) is 0 Å². The molecule has 14 nitrogen and oxygen atoms in total. The smallest absolute Gasteiger partial charge is 0.459 e. The summed E-state index contributed by atoms with van der Waals surface area (Å²) in [6, 6.07) is 11.1. The Kier molecular flexibility index (Phi) is 10.2. The molecule has 5 rings (SSSR count). The molecule has 0 saturated carbocycles. The van der Waals surface area contributed by atoms with Crippen molar-refractivity contribution in [1.82, 2.24) is 19.7 Å². The summed E-state index contributed by atoms with van der Waals surface area (Å²) in [5, 5.41) is 7.16. The first-order valence-corrected chi connectivity index (χ1v) is 17.0. The van der Waals surface area contributed by atoms with Crippen molar-refractivity contribution in [3.8, 4) is 5.75 Å². The number of rotatable bonds is 14. The number of carbonyl (C=O) groups is 1. The average Bonchev–Trinajstić information content (AvgIpc) is 3.68. The van der Waals surface area contributed by atoms with Crippen LogP contribution in [0.2, 0.25) is 0 Å². The van der Waals surface area contributed by atoms with Gasteiger partial charge >= 0.3 is 13.7 Å². The van der Waals surface area contributed by atoms with Gasteiger partial charge in [-0.2, -0.15) is 10.2 Å². The molecule has 2 aliphatic heterocycles. The lowest BCUT2D eigenvalue weighted by molar-refractivity contribution is -0.200. The van der Waals surface area contributed by atoms with Gasteiger partial charge in [0.05, 0.1) is 18.9 Å². The van der Waals surface area contributed by atoms with Gasteiger partial charge in [0.2, 0.25) is 0 Å². The number of benzene rings is 1. The number of hydrogen-bond donors (Lipinski definition) is 2. The number of ether oxygens (including phenoxy) is 4. The van der Waals surface area contributed by atoms with Crippen LogP contribution in [0.3, 0.4) is 0 Å². The fourth-order valence-electron chi connectivity index (χ4n) is 5.74. The van der Waals surface area contributed by atoms with Crippen LogP contribution in [-0.2, 0) is 38.4 Å². The van der Waals surface area contributed by atoms with Gasteiger partial charge in [0.15, 0.2) is 17.2 Å². The number of hydrogen-bond acceptors (Lipinski definition) is 12. The molecule has 2 fully saturated rings. The Hall–Kier alpha value is -3.39. The minimum Gasteiger partial charge on any atom is -0.464 e. The third kappa shape index (κ3) is 6.97. The number of nitrogens with zero attached hydrogens (tertiary/aromatic N) is 4. The molecule has 2 aromatic heterocycles. The summed E-state index contributed by atoms with van der Waals surface area (Å²) in [5.41, 5.74) is 5.99. The summed E-state index contributed by atoms with van der Waals surface area (Å²) in [6.07, 6.45) is 2.54. The number of para-hydroxylation sites is 1. The molecule has 2 saturated heterocycles. The van der Waals surface area contributed by atoms with E-state index in [9.17, 15) is 9.36 Å². The lowest BCUT2D eigenvalue weighted by Crippen LogP contribution is -2.43. The molecule has 3 aromatic rings. The Morgan fingerprint density at radius 2 is 1.91 bits per heavy atom. The molecule has 0 amide bonds. The average molecular weight is 659 g/mol. The first-order valence-electron chi connectivity index (χ1n) is 15.4. The highest BCUT2D eigenvalue weighted by atomic mass is 31.2. The normalized spacial score (nSPS) is 25.9. The molecule has 2 aliphatic rings. The van der Waals surface area contributed by atoms with Gasteiger partial charge in [-0.05, 0) is 51.0 Å². The van der Waals surface area contributed by atoms with E-state index in [1.165, 1.54) is 6.33 Å². The van der Waals surface area contributed by atoms with Gasteiger partial charge in [0, 0.05) is 13.3 Å². The first kappa shape index (κ1) is 34.0. The Morgan fingerprint density at radius 3 is 2.61 bits per heavy atom. The first-order chi connectivity index (χ1) is 21.9. The summed E-state index contributed by atoms with van der Waals surface area (Å²) >= 11 is 0. The van der Waals surface area contributed by atoms with Crippen LogP contribution in [-0.4, -0.2) is 77.2 Å². The molecule has 1 aromatic carbocycles. The molecule has 15 heteroatoms. The molecule has 6 atom stereocenters. The number of anilines is 1. The summed E-state index contributed by atoms with van der Waals surface area (Å²) < 4.78 is 52.7. The van der Waals surface area contributed by atoms with E-state index in [-0.39, 0.29) is 24.9 Å². The van der Waals surface area contributed by atoms with E-state index in [4.69, 9.17) is 33.7 Å². The summed E-state index contributed by atoms with van der Waals surface area (Å²) in [6.45, 7) is 9.23. The predicted octanol–water partition coefficient (Wildman–Crippen LogP) is 4.29. The third-order valence-corrected chi connectivity index (χ3v) is 9.81. The lowest BCUT2D eigenvalue weighted by atomic mass is 9.92. The monoisotopic (exact) mass is 658 g/mol. The Morgan fingerprint density at radius 1 is 1.17 bits per heavy atom. The molecule has 0 aliphatic carbocycles. The van der Waals surface area contributed by atoms with Crippen LogP contribution in [0, 0.1) is 5.92 Å². The number of esters is 1. The van der Waals surface area contributed by atoms with Crippen molar-refractivity contribution in [3.63, 3.8) is 0 Å². The SMILES string of the molecule is CCC(CC)COC(=O)[C@H](C)NP(=O)(OC[C@H]1O[C@@](C=NC)(c2ccc3c(N)ncnn23)[C@@H]2OC(C)(C)O[C@@H]21)Oc1ccccc1. The predicted molar refractivity (Wildman–Crippen MR) is 170 cm³/mol. The number of aliphatic imine (C=N–C) groups is 1. The number of carbonyl (C=O) groups excluding carboxylic acids is 1. The van der Waals surface area contributed by atoms with Crippen LogP contribution >= 0.6 is 7.75 Å². The summed E-state index contributed by atoms with van der Waals surface area (Å²) in [7, 11) is -2.58. The fourth-order valence-corrected chi connectivity index (χ4v) is 7.25. The molecule has 0 spiro atoms. The van der Waals surface area contributed by atoms with Gasteiger partial charge < -0.3 is 29.2 Å². The highest BCUT2D eigenvalue weighted by molar-refractivity contribution is 7.52. The van der Waals surface area contributed by atoms with E-state index < -0.39 is 49.5 Å². The van der Waals surface area contributed by atoms with Gasteiger partial charge in [-0.3, -0.25) is 14.3 Å². The number of nitrogens with one attached hydrogen (secondary N) is 1. The van der Waals surface area contributed by atoms with Gasteiger partial charge in [0.1, 0.15) is 41.9 Å². The second-order valence-electron chi connectivity index (χ2n) is 11.9. The molecule has 1 unspecified atom stereocenters. The van der Waals surface area contributed by atoms with Crippen LogP contribution in [0.25, 0.3) is 5.52 Å². The van der Waals surface area contributed by atoms with E-state index in [1.807, 2.05) is 19.9 Å². The Labute approximate surface area is 268 Å². The minimum absolute atomic E-state index is 0.234. The molecule has 46 heavy (non-hydrogen) atoms. The number of fused-ring (bicyclic) bond motifs is 2. The van der Waals surface area contributed by atoms with Crippen LogP contribution in [0.1, 0.15) is 53.2 Å². The van der Waals surface area contributed by atoms with Gasteiger partial charge in [-0.1, -0.05) is 44.9 Å². The molecular weight excluding hydrogens is 615 g/mol. The van der Waals surface area contributed by atoms with Crippen molar-refractivity contribution in [2.45, 2.75) is 83.2 Å². The quantitative estimate of drug-likeness (QED) is 0.143. The van der Waals surface area contributed by atoms with Gasteiger partial charge in [0.25, 0.3) is 0 Å². The number of nitrogens with two attached hydrogens (primary N) is 1. The Balaban J connectivity index is 1.42. The lowest BCUT2D eigenvalue weighted by Gasteiger charge is -2.31. The van der Waals surface area contributed by atoms with Crippen LogP contribution in [0.5, 0.6) is 5.75 Å². The van der Waals surface area contributed by atoms with Crippen molar-refractivity contribution in [3.05, 3.63) is 54.5 Å². The molecular formula is C31H43N6O8P. The topological polar surface area (TPSA) is 170 Å². The zero-order valence-corrected chi connectivity index (χ0v) is 27.9. The number of nitrogen functional groups attached to an aromatic ring is 1. The maximum absolute atomic E-state index is 14.3. The Bertz CT molecular complexity index is 1580. The standard InChI is InChI=1S/C31H43N6O8P/c1-7-21(8-2)16-40-29(38)20(3)36-46(39,45-22-12-10-9-11-13-22)41-17-24-26-27(44-30(4,5)43-26)31(42-24,18-33-6)25-15-14-23-28(32)34-19-35-37(23)25/h9-15,18-21,24,26-27H,7-8,16-17H2,1-6H3,(H,36,39)(H2,32,34,35)/t20-,24+,26+,27+,31-,46?/m0/s1. The van der Waals surface area contributed by atoms with E-state index >= 15 is 0 Å². The van der Waals surface area contributed by atoms with Crippen LogP contribution in [0.4, 0.5) is 5.82 Å². The molecule has 4 heterocycles. The van der Waals surface area contributed by atoms with Crippen molar-refractivity contribution in [1.29, 1.82) is 0 Å². The maximum atomic E-state index is 14.3. The van der Waals surface area contributed by atoms with E-state index in [1.54, 1.807) is 74.9 Å². The zero-order valence-electron chi connectivity index (χ0n) is 27.0. The largest absolute Gasteiger partial charge is 0.464 e. The second kappa shape index (κ2) is 13.8. The summed E-state index contributed by atoms with van der Waals surface area (Å²) in [4.78, 5) is 21.3. The van der Waals surface area contributed by atoms with Crippen molar-refractivity contribution in [2.24, 2.45) is 10.9 Å². The fraction of sp³-hybridized carbons (Fsp3) is 0.548. The van der Waals surface area contributed by atoms with E-state index in [0.29, 0.717) is 17.0 Å². The minimum atomic E-state index is -4.20. The molecule has 0 radical (unpaired) electrons. The van der Waals surface area contributed by atoms with E-state index in [0.717, 1.165) is 12.8 Å². The summed E-state index contributed by atoms with van der Waals surface area (Å²) in [5.74, 6) is -0.745. The van der Waals surface area contributed by atoms with Gasteiger partial charge in [-0.25, -0.2) is 14.1 Å². The second-order valence-corrected chi connectivity index (χ2v) is 13.6. The van der Waals surface area contributed by atoms with Crippen molar-refractivity contribution < 1.29 is 37.4 Å². The van der Waals surface area contributed by atoms with Crippen molar-refractivity contribution >= 4 is 31.3 Å². The maximum Gasteiger partial charge on any atom is 0.459 e. The third-order valence-electron chi connectivity index (χ3n) is 8.17. The highest BCUT2D eigenvalue weighted by Gasteiger charge is 2.64. The van der Waals surface area contributed by atoms with E-state index in [2.05, 4.69) is 20.2 Å². The molecule has 0 bridgehead atoms.